The van der Waals surface area contributed by atoms with Crippen molar-refractivity contribution in [3.8, 4) is 0 Å². The van der Waals surface area contributed by atoms with Crippen molar-refractivity contribution >= 4 is 10.2 Å². The second kappa shape index (κ2) is 7.04. The Labute approximate surface area is 115 Å². The smallest absolute Gasteiger partial charge is 0.279 e. The van der Waals surface area contributed by atoms with Crippen molar-refractivity contribution in [1.29, 1.82) is 0 Å². The molecule has 0 aliphatic rings. The summed E-state index contributed by atoms with van der Waals surface area (Å²) >= 11 is 0. The van der Waals surface area contributed by atoms with Crippen LogP contribution in [-0.4, -0.2) is 39.9 Å². The molecular formula is C12H23N3O3S. The second-order valence-electron chi connectivity index (χ2n) is 4.57. The SMILES string of the molecule is CNCCCN(C)S(=O)(=O)NC(C)c1ccc(C)o1. The van der Waals surface area contributed by atoms with Crippen molar-refractivity contribution in [1.82, 2.24) is 14.3 Å². The van der Waals surface area contributed by atoms with E-state index in [2.05, 4.69) is 10.0 Å². The number of nitrogens with one attached hydrogen (secondary N) is 2. The van der Waals surface area contributed by atoms with E-state index in [4.69, 9.17) is 4.42 Å². The van der Waals surface area contributed by atoms with Gasteiger partial charge in [-0.1, -0.05) is 0 Å². The van der Waals surface area contributed by atoms with Crippen molar-refractivity contribution in [2.24, 2.45) is 0 Å². The summed E-state index contributed by atoms with van der Waals surface area (Å²) in [5.74, 6) is 1.38. The first kappa shape index (κ1) is 16.2. The van der Waals surface area contributed by atoms with Gasteiger partial charge in [0.25, 0.3) is 10.2 Å². The maximum absolute atomic E-state index is 12.1. The summed E-state index contributed by atoms with van der Waals surface area (Å²) < 4.78 is 33.5. The van der Waals surface area contributed by atoms with E-state index in [1.807, 2.05) is 20.0 Å². The first-order valence-electron chi connectivity index (χ1n) is 6.31. The van der Waals surface area contributed by atoms with Crippen LogP contribution < -0.4 is 10.0 Å². The first-order valence-corrected chi connectivity index (χ1v) is 7.75. The zero-order valence-corrected chi connectivity index (χ0v) is 12.8. The molecule has 1 heterocycles. The molecule has 0 amide bonds. The fourth-order valence-electron chi connectivity index (χ4n) is 1.66. The Balaban J connectivity index is 2.58. The monoisotopic (exact) mass is 289 g/mol. The van der Waals surface area contributed by atoms with Gasteiger partial charge in [-0.05, 0) is 46.0 Å². The molecule has 0 bridgehead atoms. The third-order valence-corrected chi connectivity index (χ3v) is 4.48. The average molecular weight is 289 g/mol. The third-order valence-electron chi connectivity index (χ3n) is 2.82. The first-order chi connectivity index (χ1) is 8.86. The Bertz CT molecular complexity index is 484. The quantitative estimate of drug-likeness (QED) is 0.701. The van der Waals surface area contributed by atoms with Crippen LogP contribution in [0.4, 0.5) is 0 Å². The highest BCUT2D eigenvalue weighted by molar-refractivity contribution is 7.87. The molecule has 1 unspecified atom stereocenters. The van der Waals surface area contributed by atoms with Gasteiger partial charge >= 0.3 is 0 Å². The highest BCUT2D eigenvalue weighted by Gasteiger charge is 2.22. The molecule has 2 N–H and O–H groups in total. The number of furan rings is 1. The van der Waals surface area contributed by atoms with Crippen molar-refractivity contribution < 1.29 is 12.8 Å². The van der Waals surface area contributed by atoms with Crippen molar-refractivity contribution in [2.45, 2.75) is 26.3 Å². The molecule has 19 heavy (non-hydrogen) atoms. The molecule has 0 saturated carbocycles. The lowest BCUT2D eigenvalue weighted by Gasteiger charge is -2.20. The van der Waals surface area contributed by atoms with Crippen LogP contribution in [0.25, 0.3) is 0 Å². The fourth-order valence-corrected chi connectivity index (χ4v) is 2.77. The van der Waals surface area contributed by atoms with Crippen molar-refractivity contribution in [3.05, 3.63) is 23.7 Å². The van der Waals surface area contributed by atoms with Crippen LogP contribution >= 0.6 is 0 Å². The standard InChI is InChI=1S/C12H23N3O3S/c1-10-6-7-12(18-10)11(2)14-19(16,17)15(4)9-5-8-13-3/h6-7,11,13-14H,5,8-9H2,1-4H3. The summed E-state index contributed by atoms with van der Waals surface area (Å²) in [6, 6.07) is 3.21. The molecule has 1 atom stereocenters. The molecule has 0 saturated heterocycles. The average Bonchev–Trinajstić information content (AvgIpc) is 2.75. The number of aryl methyl sites for hydroxylation is 1. The van der Waals surface area contributed by atoms with Gasteiger partial charge in [0.15, 0.2) is 0 Å². The Hall–Kier alpha value is -0.890. The number of hydrogen-bond acceptors (Lipinski definition) is 4. The van der Waals surface area contributed by atoms with E-state index < -0.39 is 10.2 Å². The summed E-state index contributed by atoms with van der Waals surface area (Å²) in [4.78, 5) is 0. The van der Waals surface area contributed by atoms with Gasteiger partial charge in [-0.3, -0.25) is 0 Å². The number of hydrogen-bond donors (Lipinski definition) is 2. The molecule has 1 rings (SSSR count). The molecule has 0 spiro atoms. The normalized spacial score (nSPS) is 13.9. The summed E-state index contributed by atoms with van der Waals surface area (Å²) in [5.41, 5.74) is 0. The Morgan fingerprint density at radius 3 is 2.63 bits per heavy atom. The molecule has 110 valence electrons. The molecule has 6 nitrogen and oxygen atoms in total. The highest BCUT2D eigenvalue weighted by Crippen LogP contribution is 2.16. The lowest BCUT2D eigenvalue weighted by Crippen LogP contribution is -2.40. The van der Waals surface area contributed by atoms with Crippen molar-refractivity contribution in [3.63, 3.8) is 0 Å². The largest absolute Gasteiger partial charge is 0.465 e. The predicted octanol–water partition coefficient (Wildman–Crippen LogP) is 1.02. The van der Waals surface area contributed by atoms with Gasteiger partial charge in [-0.2, -0.15) is 17.4 Å². The number of nitrogens with zero attached hydrogens (tertiary/aromatic N) is 1. The van der Waals surface area contributed by atoms with E-state index in [-0.39, 0.29) is 6.04 Å². The molecular weight excluding hydrogens is 266 g/mol. The van der Waals surface area contributed by atoms with E-state index in [0.717, 1.165) is 18.7 Å². The minimum atomic E-state index is -3.48. The Morgan fingerprint density at radius 1 is 1.42 bits per heavy atom. The van der Waals surface area contributed by atoms with E-state index in [1.54, 1.807) is 20.0 Å². The molecule has 0 aliphatic carbocycles. The van der Waals surface area contributed by atoms with Gasteiger partial charge in [0.05, 0.1) is 6.04 Å². The molecule has 0 radical (unpaired) electrons. The van der Waals surface area contributed by atoms with Crippen LogP contribution in [0.3, 0.4) is 0 Å². The topological polar surface area (TPSA) is 74.6 Å². The van der Waals surface area contributed by atoms with Gasteiger partial charge in [0.2, 0.25) is 0 Å². The van der Waals surface area contributed by atoms with Gasteiger partial charge in [-0.15, -0.1) is 0 Å². The predicted molar refractivity (Wildman–Crippen MR) is 75.1 cm³/mol. The second-order valence-corrected chi connectivity index (χ2v) is 6.38. The van der Waals surface area contributed by atoms with Crippen LogP contribution in [0, 0.1) is 6.92 Å². The number of rotatable bonds is 8. The van der Waals surface area contributed by atoms with Crippen LogP contribution in [0.1, 0.15) is 30.9 Å². The lowest BCUT2D eigenvalue weighted by molar-refractivity contribution is 0.414. The van der Waals surface area contributed by atoms with Gasteiger partial charge < -0.3 is 9.73 Å². The highest BCUT2D eigenvalue weighted by atomic mass is 32.2. The van der Waals surface area contributed by atoms with Crippen molar-refractivity contribution in [2.75, 3.05) is 27.2 Å². The minimum Gasteiger partial charge on any atom is -0.465 e. The fraction of sp³-hybridized carbons (Fsp3) is 0.667. The summed E-state index contributed by atoms with van der Waals surface area (Å²) in [5, 5.41) is 2.99. The maximum Gasteiger partial charge on any atom is 0.279 e. The molecule has 0 aromatic carbocycles. The molecule has 0 aliphatic heterocycles. The Morgan fingerprint density at radius 2 is 2.11 bits per heavy atom. The summed E-state index contributed by atoms with van der Waals surface area (Å²) in [6.45, 7) is 4.85. The van der Waals surface area contributed by atoms with Crippen LogP contribution in [0.2, 0.25) is 0 Å². The van der Waals surface area contributed by atoms with Gasteiger partial charge in [0.1, 0.15) is 11.5 Å². The maximum atomic E-state index is 12.1. The Kier molecular flexibility index (Phi) is 5.99. The summed E-state index contributed by atoms with van der Waals surface area (Å²) in [6.07, 6.45) is 0.766. The molecule has 7 heteroatoms. The van der Waals surface area contributed by atoms with E-state index in [0.29, 0.717) is 12.3 Å². The van der Waals surface area contributed by atoms with Crippen LogP contribution in [0.15, 0.2) is 16.5 Å². The van der Waals surface area contributed by atoms with Gasteiger partial charge in [0, 0.05) is 13.6 Å². The zero-order chi connectivity index (χ0) is 14.5. The molecule has 0 fully saturated rings. The van der Waals surface area contributed by atoms with Crippen LogP contribution in [-0.2, 0) is 10.2 Å². The molecule has 1 aromatic rings. The van der Waals surface area contributed by atoms with E-state index >= 15 is 0 Å². The minimum absolute atomic E-state index is 0.384. The van der Waals surface area contributed by atoms with E-state index in [1.165, 1.54) is 4.31 Å². The van der Waals surface area contributed by atoms with Gasteiger partial charge in [-0.25, -0.2) is 0 Å². The van der Waals surface area contributed by atoms with E-state index in [9.17, 15) is 8.42 Å². The molecule has 1 aromatic heterocycles. The zero-order valence-electron chi connectivity index (χ0n) is 11.9. The summed E-state index contributed by atoms with van der Waals surface area (Å²) in [7, 11) is -0.0744. The third kappa shape index (κ3) is 4.94. The lowest BCUT2D eigenvalue weighted by atomic mass is 10.3. The van der Waals surface area contributed by atoms with Crippen LogP contribution in [0.5, 0.6) is 0 Å².